The summed E-state index contributed by atoms with van der Waals surface area (Å²) in [4.78, 5) is 10.7. The SMILES string of the molecule is CC#CCC(=O)CSC. The first-order valence-corrected chi connectivity index (χ1v) is 4.11. The largest absolute Gasteiger partial charge is 0.298 e. The van der Waals surface area contributed by atoms with Gasteiger partial charge in [-0.25, -0.2) is 0 Å². The van der Waals surface area contributed by atoms with E-state index in [1.54, 1.807) is 18.7 Å². The first-order valence-electron chi connectivity index (χ1n) is 2.71. The number of thioether (sulfide) groups is 1. The van der Waals surface area contributed by atoms with Crippen LogP contribution in [0, 0.1) is 11.8 Å². The Morgan fingerprint density at radius 2 is 2.33 bits per heavy atom. The molecule has 0 aromatic heterocycles. The first-order chi connectivity index (χ1) is 4.31. The minimum atomic E-state index is 0.219. The summed E-state index contributed by atoms with van der Waals surface area (Å²) in [5.41, 5.74) is 0. The van der Waals surface area contributed by atoms with Crippen molar-refractivity contribution in [1.82, 2.24) is 0 Å². The zero-order valence-electron chi connectivity index (χ0n) is 5.73. The normalized spacial score (nSPS) is 7.78. The minimum Gasteiger partial charge on any atom is -0.298 e. The van der Waals surface area contributed by atoms with E-state index in [2.05, 4.69) is 11.8 Å². The number of ketones is 1. The molecule has 1 nitrogen and oxygen atoms in total. The maximum absolute atomic E-state index is 10.7. The van der Waals surface area contributed by atoms with Gasteiger partial charge < -0.3 is 0 Å². The summed E-state index contributed by atoms with van der Waals surface area (Å²) >= 11 is 1.54. The number of rotatable bonds is 3. The lowest BCUT2D eigenvalue weighted by atomic mass is 10.3. The van der Waals surface area contributed by atoms with Crippen LogP contribution in [0.2, 0.25) is 0 Å². The van der Waals surface area contributed by atoms with E-state index in [1.165, 1.54) is 0 Å². The van der Waals surface area contributed by atoms with E-state index in [0.717, 1.165) is 0 Å². The van der Waals surface area contributed by atoms with E-state index in [1.807, 2.05) is 6.26 Å². The molecule has 0 amide bonds. The molecule has 0 bridgehead atoms. The van der Waals surface area contributed by atoms with Gasteiger partial charge in [0.2, 0.25) is 0 Å². The lowest BCUT2D eigenvalue weighted by molar-refractivity contribution is -0.115. The molecule has 0 spiro atoms. The van der Waals surface area contributed by atoms with Crippen LogP contribution < -0.4 is 0 Å². The van der Waals surface area contributed by atoms with Crippen LogP contribution in [0.4, 0.5) is 0 Å². The Bertz CT molecular complexity index is 141. The van der Waals surface area contributed by atoms with Gasteiger partial charge in [-0.05, 0) is 13.2 Å². The van der Waals surface area contributed by atoms with Gasteiger partial charge in [0.15, 0.2) is 5.78 Å². The fraction of sp³-hybridized carbons (Fsp3) is 0.571. The molecule has 0 radical (unpaired) electrons. The number of Topliss-reactive ketones (excluding diaryl/α,β-unsaturated/α-hetero) is 1. The van der Waals surface area contributed by atoms with Gasteiger partial charge in [0.1, 0.15) is 0 Å². The standard InChI is InChI=1S/C7H10OS/c1-3-4-5-7(8)6-9-2/h5-6H2,1-2H3. The quantitative estimate of drug-likeness (QED) is 0.553. The third kappa shape index (κ3) is 5.45. The van der Waals surface area contributed by atoms with Gasteiger partial charge in [-0.1, -0.05) is 5.92 Å². The highest BCUT2D eigenvalue weighted by atomic mass is 32.2. The molecule has 0 saturated heterocycles. The van der Waals surface area contributed by atoms with E-state index in [4.69, 9.17) is 0 Å². The van der Waals surface area contributed by atoms with Crippen LogP contribution in [-0.2, 0) is 4.79 Å². The van der Waals surface area contributed by atoms with Gasteiger partial charge in [0.05, 0.1) is 12.2 Å². The van der Waals surface area contributed by atoms with Crippen molar-refractivity contribution in [3.63, 3.8) is 0 Å². The van der Waals surface area contributed by atoms with Gasteiger partial charge >= 0.3 is 0 Å². The summed E-state index contributed by atoms with van der Waals surface area (Å²) in [5.74, 6) is 6.21. The second-order valence-electron chi connectivity index (χ2n) is 1.58. The van der Waals surface area contributed by atoms with E-state index in [-0.39, 0.29) is 5.78 Å². The van der Waals surface area contributed by atoms with E-state index < -0.39 is 0 Å². The van der Waals surface area contributed by atoms with Crippen LogP contribution in [-0.4, -0.2) is 17.8 Å². The molecule has 0 aromatic carbocycles. The average Bonchev–Trinajstić information content (AvgIpc) is 1.85. The van der Waals surface area contributed by atoms with Crippen LogP contribution in [0.1, 0.15) is 13.3 Å². The van der Waals surface area contributed by atoms with E-state index in [0.29, 0.717) is 12.2 Å². The monoisotopic (exact) mass is 142 g/mol. The average molecular weight is 142 g/mol. The Labute approximate surface area is 60.2 Å². The number of carbonyl (C=O) groups is 1. The Kier molecular flexibility index (Phi) is 5.45. The van der Waals surface area contributed by atoms with Gasteiger partial charge in [-0.2, -0.15) is 11.8 Å². The van der Waals surface area contributed by atoms with Crippen molar-refractivity contribution >= 4 is 17.5 Å². The molecular weight excluding hydrogens is 132 g/mol. The van der Waals surface area contributed by atoms with Crippen LogP contribution in [0.5, 0.6) is 0 Å². The molecule has 0 unspecified atom stereocenters. The van der Waals surface area contributed by atoms with E-state index in [9.17, 15) is 4.79 Å². The molecule has 0 N–H and O–H groups in total. The van der Waals surface area contributed by atoms with Crippen molar-refractivity contribution in [2.45, 2.75) is 13.3 Å². The Morgan fingerprint density at radius 1 is 1.67 bits per heavy atom. The Balaban J connectivity index is 3.35. The summed E-state index contributed by atoms with van der Waals surface area (Å²) in [5, 5.41) is 0. The molecule has 0 rings (SSSR count). The predicted octanol–water partition coefficient (Wildman–Crippen LogP) is 1.33. The molecule has 0 aromatic rings. The number of carbonyl (C=O) groups excluding carboxylic acids is 1. The minimum absolute atomic E-state index is 0.219. The van der Waals surface area contributed by atoms with E-state index >= 15 is 0 Å². The van der Waals surface area contributed by atoms with Gasteiger partial charge in [-0.3, -0.25) is 4.79 Å². The second kappa shape index (κ2) is 5.71. The molecule has 0 saturated carbocycles. The van der Waals surface area contributed by atoms with Crippen LogP contribution >= 0.6 is 11.8 Å². The maximum Gasteiger partial charge on any atom is 0.154 e. The van der Waals surface area contributed by atoms with Crippen molar-refractivity contribution in [2.24, 2.45) is 0 Å². The van der Waals surface area contributed by atoms with Gasteiger partial charge in [0.25, 0.3) is 0 Å². The van der Waals surface area contributed by atoms with Crippen LogP contribution in [0.25, 0.3) is 0 Å². The van der Waals surface area contributed by atoms with Gasteiger partial charge in [0, 0.05) is 0 Å². The zero-order valence-corrected chi connectivity index (χ0v) is 6.55. The molecule has 2 heteroatoms. The molecule has 0 aliphatic rings. The van der Waals surface area contributed by atoms with Crippen molar-refractivity contribution < 1.29 is 4.79 Å². The zero-order chi connectivity index (χ0) is 7.11. The number of hydrogen-bond acceptors (Lipinski definition) is 2. The molecule has 0 atom stereocenters. The van der Waals surface area contributed by atoms with Crippen molar-refractivity contribution in [2.75, 3.05) is 12.0 Å². The van der Waals surface area contributed by atoms with Crippen molar-refractivity contribution in [3.05, 3.63) is 0 Å². The summed E-state index contributed by atoms with van der Waals surface area (Å²) in [7, 11) is 0. The summed E-state index contributed by atoms with van der Waals surface area (Å²) in [6.45, 7) is 1.74. The third-order valence-corrected chi connectivity index (χ3v) is 1.38. The molecule has 0 fully saturated rings. The predicted molar refractivity (Wildman–Crippen MR) is 41.5 cm³/mol. The fourth-order valence-corrected chi connectivity index (χ4v) is 0.823. The first kappa shape index (κ1) is 8.58. The highest BCUT2D eigenvalue weighted by molar-refractivity contribution is 7.99. The molecule has 0 heterocycles. The van der Waals surface area contributed by atoms with Crippen LogP contribution in [0.15, 0.2) is 0 Å². The molecular formula is C7H10OS. The highest BCUT2D eigenvalue weighted by Gasteiger charge is 1.94. The summed E-state index contributed by atoms with van der Waals surface area (Å²) < 4.78 is 0. The van der Waals surface area contributed by atoms with Gasteiger partial charge in [-0.15, -0.1) is 5.92 Å². The summed E-state index contributed by atoms with van der Waals surface area (Å²) in [6.07, 6.45) is 2.33. The summed E-state index contributed by atoms with van der Waals surface area (Å²) in [6, 6.07) is 0. The third-order valence-electron chi connectivity index (χ3n) is 0.768. The van der Waals surface area contributed by atoms with Crippen molar-refractivity contribution in [1.29, 1.82) is 0 Å². The smallest absolute Gasteiger partial charge is 0.154 e. The second-order valence-corrected chi connectivity index (χ2v) is 2.44. The molecule has 0 aliphatic heterocycles. The Hall–Kier alpha value is -0.420. The van der Waals surface area contributed by atoms with Crippen molar-refractivity contribution in [3.8, 4) is 11.8 Å². The molecule has 50 valence electrons. The lowest BCUT2D eigenvalue weighted by Gasteiger charge is -1.87. The Morgan fingerprint density at radius 3 is 2.78 bits per heavy atom. The fourth-order valence-electron chi connectivity index (χ4n) is 0.399. The maximum atomic E-state index is 10.7. The molecule has 9 heavy (non-hydrogen) atoms. The topological polar surface area (TPSA) is 17.1 Å². The molecule has 0 aliphatic carbocycles. The van der Waals surface area contributed by atoms with Crippen LogP contribution in [0.3, 0.4) is 0 Å². The number of hydrogen-bond donors (Lipinski definition) is 0. The highest BCUT2D eigenvalue weighted by Crippen LogP contribution is 1.93. The lowest BCUT2D eigenvalue weighted by Crippen LogP contribution is -1.97.